The molecule has 25 heavy (non-hydrogen) atoms. The number of thioether (sulfide) groups is 1. The highest BCUT2D eigenvalue weighted by Gasteiger charge is 2.21. The Morgan fingerprint density at radius 1 is 1.20 bits per heavy atom. The molecule has 1 unspecified atom stereocenters. The van der Waals surface area contributed by atoms with Crippen LogP contribution in [-0.4, -0.2) is 41.1 Å². The molecule has 0 aliphatic rings. The van der Waals surface area contributed by atoms with Crippen LogP contribution in [0.3, 0.4) is 0 Å². The van der Waals surface area contributed by atoms with Crippen molar-refractivity contribution >= 4 is 35.3 Å². The zero-order valence-corrected chi connectivity index (χ0v) is 15.4. The van der Waals surface area contributed by atoms with Crippen LogP contribution in [0.2, 0.25) is 0 Å². The Hall–Kier alpha value is -2.09. The molecule has 138 valence electrons. The summed E-state index contributed by atoms with van der Waals surface area (Å²) in [7, 11) is 0. The average Bonchev–Trinajstić information content (AvgIpc) is 2.51. The van der Waals surface area contributed by atoms with E-state index in [1.54, 1.807) is 27.7 Å². The lowest BCUT2D eigenvalue weighted by Gasteiger charge is -2.19. The van der Waals surface area contributed by atoms with E-state index in [1.807, 2.05) is 0 Å². The Balaban J connectivity index is 2.31. The van der Waals surface area contributed by atoms with Gasteiger partial charge >= 0.3 is 11.9 Å². The van der Waals surface area contributed by atoms with Gasteiger partial charge in [-0.2, -0.15) is 0 Å². The van der Waals surface area contributed by atoms with Crippen molar-refractivity contribution in [2.24, 2.45) is 0 Å². The number of rotatable bonds is 7. The highest BCUT2D eigenvalue weighted by Crippen LogP contribution is 2.14. The molecule has 0 saturated heterocycles. The highest BCUT2D eigenvalue weighted by atomic mass is 32.2. The normalized spacial score (nSPS) is 12.2. The first-order valence-electron chi connectivity index (χ1n) is 7.62. The van der Waals surface area contributed by atoms with E-state index in [2.05, 4.69) is 5.32 Å². The second-order valence-corrected chi connectivity index (χ2v) is 7.53. The SMILES string of the molecule is CC(SCC(=O)Nc1ccc(F)cc1)C(=O)OCC(=O)OC(C)(C)C. The van der Waals surface area contributed by atoms with Crippen LogP contribution < -0.4 is 5.32 Å². The predicted molar refractivity (Wildman–Crippen MR) is 93.8 cm³/mol. The molecule has 1 amide bonds. The quantitative estimate of drug-likeness (QED) is 0.742. The van der Waals surface area contributed by atoms with E-state index in [4.69, 9.17) is 9.47 Å². The van der Waals surface area contributed by atoms with Crippen LogP contribution >= 0.6 is 11.8 Å². The molecule has 0 radical (unpaired) electrons. The zero-order chi connectivity index (χ0) is 19.0. The number of hydrogen-bond donors (Lipinski definition) is 1. The van der Waals surface area contributed by atoms with Crippen molar-refractivity contribution < 1.29 is 28.2 Å². The molecule has 6 nitrogen and oxygen atoms in total. The number of anilines is 1. The van der Waals surface area contributed by atoms with E-state index in [9.17, 15) is 18.8 Å². The molecule has 0 aliphatic carbocycles. The Labute approximate surface area is 150 Å². The van der Waals surface area contributed by atoms with Crippen molar-refractivity contribution in [3.8, 4) is 0 Å². The van der Waals surface area contributed by atoms with Crippen LogP contribution in [0.5, 0.6) is 0 Å². The van der Waals surface area contributed by atoms with E-state index >= 15 is 0 Å². The lowest BCUT2D eigenvalue weighted by atomic mass is 10.2. The molecule has 0 aromatic heterocycles. The number of nitrogens with one attached hydrogen (secondary N) is 1. The largest absolute Gasteiger partial charge is 0.457 e. The smallest absolute Gasteiger partial charge is 0.344 e. The number of carbonyl (C=O) groups is 3. The molecule has 0 fully saturated rings. The molecule has 0 saturated carbocycles. The second-order valence-electron chi connectivity index (χ2n) is 6.20. The van der Waals surface area contributed by atoms with Gasteiger partial charge in [-0.1, -0.05) is 0 Å². The molecular formula is C17H22FNO5S. The summed E-state index contributed by atoms with van der Waals surface area (Å²) in [5.74, 6) is -1.95. The second kappa shape index (κ2) is 9.41. The molecule has 1 aromatic rings. The van der Waals surface area contributed by atoms with Gasteiger partial charge < -0.3 is 14.8 Å². The number of esters is 2. The molecule has 1 N–H and O–H groups in total. The summed E-state index contributed by atoms with van der Waals surface area (Å²) in [4.78, 5) is 35.1. The van der Waals surface area contributed by atoms with Crippen molar-refractivity contribution in [1.82, 2.24) is 0 Å². The van der Waals surface area contributed by atoms with E-state index in [-0.39, 0.29) is 11.7 Å². The zero-order valence-electron chi connectivity index (χ0n) is 14.6. The van der Waals surface area contributed by atoms with Gasteiger partial charge in [0.05, 0.1) is 5.75 Å². The molecule has 8 heteroatoms. The fourth-order valence-electron chi connectivity index (χ4n) is 1.62. The minimum atomic E-state index is -0.650. The molecule has 0 spiro atoms. The summed E-state index contributed by atoms with van der Waals surface area (Å²) in [5, 5.41) is 1.96. The maximum atomic E-state index is 12.8. The number of halogens is 1. The standard InChI is InChI=1S/C17H22FNO5S/c1-11(16(22)23-9-15(21)24-17(2,3)4)25-10-14(20)19-13-7-5-12(18)6-8-13/h5-8,11H,9-10H2,1-4H3,(H,19,20). The molecule has 0 aliphatic heterocycles. The van der Waals surface area contributed by atoms with E-state index in [1.165, 1.54) is 24.3 Å². The van der Waals surface area contributed by atoms with Crippen molar-refractivity contribution in [2.75, 3.05) is 17.7 Å². The monoisotopic (exact) mass is 371 g/mol. The van der Waals surface area contributed by atoms with E-state index in [0.29, 0.717) is 5.69 Å². The summed E-state index contributed by atoms with van der Waals surface area (Å²) >= 11 is 1.07. The van der Waals surface area contributed by atoms with Crippen LogP contribution in [0, 0.1) is 5.82 Å². The summed E-state index contributed by atoms with van der Waals surface area (Å²) in [5.41, 5.74) is -0.186. The number of ether oxygens (including phenoxy) is 2. The summed E-state index contributed by atoms with van der Waals surface area (Å²) in [6.07, 6.45) is 0. The Morgan fingerprint density at radius 2 is 1.80 bits per heavy atom. The van der Waals surface area contributed by atoms with Gasteiger partial charge in [-0.25, -0.2) is 9.18 Å². The molecular weight excluding hydrogens is 349 g/mol. The first kappa shape index (κ1) is 21.0. The minimum Gasteiger partial charge on any atom is -0.457 e. The summed E-state index contributed by atoms with van der Waals surface area (Å²) in [6.45, 7) is 6.25. The van der Waals surface area contributed by atoms with Crippen LogP contribution in [0.25, 0.3) is 0 Å². The predicted octanol–water partition coefficient (Wildman–Crippen LogP) is 2.77. The lowest BCUT2D eigenvalue weighted by molar-refractivity contribution is -0.166. The van der Waals surface area contributed by atoms with Gasteiger partial charge in [-0.15, -0.1) is 11.8 Å². The van der Waals surface area contributed by atoms with Crippen LogP contribution in [-0.2, 0) is 23.9 Å². The first-order chi connectivity index (χ1) is 11.6. The van der Waals surface area contributed by atoms with Crippen molar-refractivity contribution in [1.29, 1.82) is 0 Å². The number of benzene rings is 1. The van der Waals surface area contributed by atoms with Crippen molar-refractivity contribution in [3.63, 3.8) is 0 Å². The number of hydrogen-bond acceptors (Lipinski definition) is 6. The molecule has 1 atom stereocenters. The van der Waals surface area contributed by atoms with E-state index < -0.39 is 35.2 Å². The van der Waals surface area contributed by atoms with Gasteiger partial charge in [-0.05, 0) is 52.0 Å². The third-order valence-electron chi connectivity index (χ3n) is 2.68. The topological polar surface area (TPSA) is 81.7 Å². The van der Waals surface area contributed by atoms with Crippen molar-refractivity contribution in [3.05, 3.63) is 30.1 Å². The molecule has 0 bridgehead atoms. The lowest BCUT2D eigenvalue weighted by Crippen LogP contribution is -2.29. The Kier molecular flexibility index (Phi) is 7.89. The highest BCUT2D eigenvalue weighted by molar-refractivity contribution is 8.01. The summed E-state index contributed by atoms with van der Waals surface area (Å²) < 4.78 is 22.7. The fourth-order valence-corrected chi connectivity index (χ4v) is 2.30. The van der Waals surface area contributed by atoms with Gasteiger partial charge in [0.1, 0.15) is 16.7 Å². The average molecular weight is 371 g/mol. The van der Waals surface area contributed by atoms with Gasteiger partial charge in [0, 0.05) is 5.69 Å². The maximum Gasteiger partial charge on any atom is 0.344 e. The maximum absolute atomic E-state index is 12.8. The van der Waals surface area contributed by atoms with E-state index in [0.717, 1.165) is 11.8 Å². The Bertz CT molecular complexity index is 612. The number of amides is 1. The molecule has 1 aromatic carbocycles. The fraction of sp³-hybridized carbons (Fsp3) is 0.471. The Morgan fingerprint density at radius 3 is 2.36 bits per heavy atom. The van der Waals surface area contributed by atoms with Crippen molar-refractivity contribution in [2.45, 2.75) is 38.5 Å². The number of carbonyl (C=O) groups excluding carboxylic acids is 3. The van der Waals surface area contributed by atoms with Gasteiger partial charge in [0.25, 0.3) is 0 Å². The summed E-state index contributed by atoms with van der Waals surface area (Å²) in [6, 6.07) is 5.35. The van der Waals surface area contributed by atoms with Gasteiger partial charge in [0.15, 0.2) is 6.61 Å². The molecule has 0 heterocycles. The third kappa shape index (κ3) is 9.09. The van der Waals surface area contributed by atoms with Crippen LogP contribution in [0.4, 0.5) is 10.1 Å². The minimum absolute atomic E-state index is 0.0140. The van der Waals surface area contributed by atoms with Crippen LogP contribution in [0.1, 0.15) is 27.7 Å². The van der Waals surface area contributed by atoms with Crippen LogP contribution in [0.15, 0.2) is 24.3 Å². The van der Waals surface area contributed by atoms with Gasteiger partial charge in [-0.3, -0.25) is 9.59 Å². The molecule has 1 rings (SSSR count). The first-order valence-corrected chi connectivity index (χ1v) is 8.67. The third-order valence-corrected chi connectivity index (χ3v) is 3.80. The van der Waals surface area contributed by atoms with Gasteiger partial charge in [0.2, 0.25) is 5.91 Å².